The maximum absolute atomic E-state index is 11.6. The van der Waals surface area contributed by atoms with Crippen LogP contribution < -0.4 is 11.1 Å². The minimum absolute atomic E-state index is 0.0252. The number of hydrogen-bond acceptors (Lipinski definition) is 4. The lowest BCUT2D eigenvalue weighted by Gasteiger charge is -2.20. The monoisotopic (exact) mass is 280 g/mol. The van der Waals surface area contributed by atoms with E-state index in [1.807, 2.05) is 13.0 Å². The quantitative estimate of drug-likeness (QED) is 0.739. The van der Waals surface area contributed by atoms with E-state index < -0.39 is 11.7 Å². The van der Waals surface area contributed by atoms with E-state index in [1.165, 1.54) is 0 Å². The molecular weight excluding hydrogens is 256 g/mol. The van der Waals surface area contributed by atoms with Crippen molar-refractivity contribution >= 4 is 11.8 Å². The lowest BCUT2D eigenvalue weighted by Crippen LogP contribution is -2.27. The van der Waals surface area contributed by atoms with Gasteiger partial charge in [-0.1, -0.05) is 13.0 Å². The van der Waals surface area contributed by atoms with Crippen LogP contribution in [-0.4, -0.2) is 23.3 Å². The third-order valence-electron chi connectivity index (χ3n) is 2.83. The van der Waals surface area contributed by atoms with Crippen LogP contribution in [0.4, 0.5) is 10.5 Å². The summed E-state index contributed by atoms with van der Waals surface area (Å²) in [6.07, 6.45) is 0.258. The first-order chi connectivity index (χ1) is 9.23. The summed E-state index contributed by atoms with van der Waals surface area (Å²) in [5, 5.41) is 12.5. The number of nitrogens with two attached hydrogens (primary N) is 1. The van der Waals surface area contributed by atoms with Crippen molar-refractivity contribution in [3.63, 3.8) is 0 Å². The Balaban J connectivity index is 2.76. The Morgan fingerprint density at radius 1 is 1.45 bits per heavy atom. The third-order valence-corrected chi connectivity index (χ3v) is 2.83. The van der Waals surface area contributed by atoms with Crippen LogP contribution in [0.2, 0.25) is 0 Å². The van der Waals surface area contributed by atoms with E-state index >= 15 is 0 Å². The van der Waals surface area contributed by atoms with E-state index in [1.54, 1.807) is 32.9 Å². The molecule has 0 fully saturated rings. The van der Waals surface area contributed by atoms with E-state index in [9.17, 15) is 9.90 Å². The number of hydrogen-bond donors (Lipinski definition) is 3. The number of ether oxygens (including phenoxy) is 1. The molecule has 1 aromatic rings. The van der Waals surface area contributed by atoms with Crippen molar-refractivity contribution in [1.29, 1.82) is 0 Å². The molecule has 0 aliphatic rings. The number of nitrogens with one attached hydrogen (secondary N) is 1. The van der Waals surface area contributed by atoms with Crippen molar-refractivity contribution in [3.05, 3.63) is 23.8 Å². The molecule has 0 saturated carbocycles. The average molecular weight is 280 g/mol. The van der Waals surface area contributed by atoms with Crippen LogP contribution >= 0.6 is 0 Å². The van der Waals surface area contributed by atoms with Crippen molar-refractivity contribution in [2.45, 2.75) is 45.6 Å². The van der Waals surface area contributed by atoms with Gasteiger partial charge in [0, 0.05) is 0 Å². The molecule has 1 unspecified atom stereocenters. The molecule has 0 saturated heterocycles. The van der Waals surface area contributed by atoms with Gasteiger partial charge in [0.1, 0.15) is 11.4 Å². The molecule has 0 bridgehead atoms. The van der Waals surface area contributed by atoms with E-state index in [4.69, 9.17) is 10.5 Å². The van der Waals surface area contributed by atoms with Gasteiger partial charge in [-0.2, -0.15) is 0 Å². The summed E-state index contributed by atoms with van der Waals surface area (Å²) in [4.78, 5) is 11.6. The molecule has 0 heterocycles. The van der Waals surface area contributed by atoms with Gasteiger partial charge in [-0.3, -0.25) is 5.32 Å². The smallest absolute Gasteiger partial charge is 0.412 e. The van der Waals surface area contributed by atoms with Gasteiger partial charge in [-0.25, -0.2) is 4.79 Å². The van der Waals surface area contributed by atoms with Crippen LogP contribution in [0.5, 0.6) is 5.75 Å². The van der Waals surface area contributed by atoms with Crippen LogP contribution in [-0.2, 0) is 4.74 Å². The number of aromatic hydroxyl groups is 1. The molecule has 5 heteroatoms. The highest BCUT2D eigenvalue weighted by Gasteiger charge is 2.17. The lowest BCUT2D eigenvalue weighted by molar-refractivity contribution is 0.0635. The van der Waals surface area contributed by atoms with Crippen molar-refractivity contribution < 1.29 is 14.6 Å². The van der Waals surface area contributed by atoms with E-state index in [2.05, 4.69) is 5.32 Å². The third kappa shape index (κ3) is 5.09. The molecule has 0 aromatic heterocycles. The molecule has 0 spiro atoms. The molecule has 0 aliphatic carbocycles. The fourth-order valence-corrected chi connectivity index (χ4v) is 1.79. The van der Waals surface area contributed by atoms with Crippen LogP contribution in [0.25, 0.3) is 0 Å². The number of amides is 1. The van der Waals surface area contributed by atoms with Crippen LogP contribution in [0.1, 0.15) is 45.6 Å². The predicted octanol–water partition coefficient (Wildman–Crippen LogP) is 3.19. The van der Waals surface area contributed by atoms with E-state index in [0.717, 1.165) is 12.0 Å². The highest BCUT2D eigenvalue weighted by molar-refractivity contribution is 5.86. The number of anilines is 1. The number of phenols is 1. The van der Waals surface area contributed by atoms with Gasteiger partial charge in [-0.15, -0.1) is 0 Å². The van der Waals surface area contributed by atoms with Crippen LogP contribution in [0.3, 0.4) is 0 Å². The van der Waals surface area contributed by atoms with Crippen molar-refractivity contribution in [2.75, 3.05) is 11.9 Å². The summed E-state index contributed by atoms with van der Waals surface area (Å²) in [7, 11) is 0. The van der Waals surface area contributed by atoms with E-state index in [0.29, 0.717) is 12.2 Å². The summed E-state index contributed by atoms with van der Waals surface area (Å²) < 4.78 is 5.14. The number of rotatable bonds is 4. The Bertz CT molecular complexity index is 467. The van der Waals surface area contributed by atoms with Crippen molar-refractivity contribution in [1.82, 2.24) is 0 Å². The predicted molar refractivity (Wildman–Crippen MR) is 80.0 cm³/mol. The summed E-state index contributed by atoms with van der Waals surface area (Å²) in [6.45, 7) is 7.99. The molecule has 112 valence electrons. The van der Waals surface area contributed by atoms with Gasteiger partial charge in [0.2, 0.25) is 0 Å². The summed E-state index contributed by atoms with van der Waals surface area (Å²) in [6, 6.07) is 5.18. The Hall–Kier alpha value is -1.75. The Kier molecular flexibility index (Phi) is 5.39. The molecule has 0 radical (unpaired) electrons. The Morgan fingerprint density at radius 2 is 2.10 bits per heavy atom. The highest BCUT2D eigenvalue weighted by atomic mass is 16.6. The standard InChI is InChI=1S/C15H24N2O3/c1-10(7-8-16)11-5-6-12(13(18)9-11)17-14(19)20-15(2,3)4/h5-6,9-10,18H,7-8,16H2,1-4H3,(H,17,19). The summed E-state index contributed by atoms with van der Waals surface area (Å²) in [5.41, 5.74) is 6.27. The van der Waals surface area contributed by atoms with Gasteiger partial charge < -0.3 is 15.6 Å². The average Bonchev–Trinajstić information content (AvgIpc) is 2.29. The van der Waals surface area contributed by atoms with Gasteiger partial charge in [0.05, 0.1) is 5.69 Å². The van der Waals surface area contributed by atoms with Crippen molar-refractivity contribution in [2.24, 2.45) is 5.73 Å². The molecule has 1 aromatic carbocycles. The van der Waals surface area contributed by atoms with Gasteiger partial charge >= 0.3 is 6.09 Å². The van der Waals surface area contributed by atoms with Gasteiger partial charge in [-0.05, 0) is 57.4 Å². The molecule has 1 amide bonds. The summed E-state index contributed by atoms with van der Waals surface area (Å²) >= 11 is 0. The highest BCUT2D eigenvalue weighted by Crippen LogP contribution is 2.29. The minimum Gasteiger partial charge on any atom is -0.506 e. The number of carbonyl (C=O) groups is 1. The second-order valence-corrected chi connectivity index (χ2v) is 5.88. The fourth-order valence-electron chi connectivity index (χ4n) is 1.79. The second-order valence-electron chi connectivity index (χ2n) is 5.88. The van der Waals surface area contributed by atoms with Crippen molar-refractivity contribution in [3.8, 4) is 5.75 Å². The van der Waals surface area contributed by atoms with E-state index in [-0.39, 0.29) is 11.7 Å². The second kappa shape index (κ2) is 6.61. The van der Waals surface area contributed by atoms with Gasteiger partial charge in [0.15, 0.2) is 0 Å². The first kappa shape index (κ1) is 16.3. The first-order valence-electron chi connectivity index (χ1n) is 6.76. The molecule has 5 nitrogen and oxygen atoms in total. The number of phenolic OH excluding ortho intramolecular Hbond substituents is 1. The Labute approximate surface area is 120 Å². The maximum atomic E-state index is 11.6. The molecule has 20 heavy (non-hydrogen) atoms. The lowest BCUT2D eigenvalue weighted by atomic mass is 9.97. The van der Waals surface area contributed by atoms with Crippen LogP contribution in [0, 0.1) is 0 Å². The minimum atomic E-state index is -0.587. The summed E-state index contributed by atoms with van der Waals surface area (Å²) in [5.74, 6) is 0.290. The topological polar surface area (TPSA) is 84.6 Å². The molecule has 0 aliphatic heterocycles. The number of benzene rings is 1. The zero-order valence-corrected chi connectivity index (χ0v) is 12.6. The fraction of sp³-hybridized carbons (Fsp3) is 0.533. The molecule has 4 N–H and O–H groups in total. The number of carbonyl (C=O) groups excluding carboxylic acids is 1. The molecule has 1 atom stereocenters. The van der Waals surface area contributed by atoms with Gasteiger partial charge in [0.25, 0.3) is 0 Å². The zero-order chi connectivity index (χ0) is 15.3. The normalized spacial score (nSPS) is 12.8. The maximum Gasteiger partial charge on any atom is 0.412 e. The SMILES string of the molecule is CC(CCN)c1ccc(NC(=O)OC(C)(C)C)c(O)c1. The largest absolute Gasteiger partial charge is 0.506 e. The Morgan fingerprint density at radius 3 is 2.60 bits per heavy atom. The van der Waals surface area contributed by atoms with Crippen LogP contribution in [0.15, 0.2) is 18.2 Å². The zero-order valence-electron chi connectivity index (χ0n) is 12.6. The first-order valence-corrected chi connectivity index (χ1v) is 6.76. The molecule has 1 rings (SSSR count). The molecular formula is C15H24N2O3.